The summed E-state index contributed by atoms with van der Waals surface area (Å²) in [6, 6.07) is 0. The molecule has 1 atom stereocenters. The predicted octanol–water partition coefficient (Wildman–Crippen LogP) is 0.0786. The van der Waals surface area contributed by atoms with E-state index in [4.69, 9.17) is 0 Å². The van der Waals surface area contributed by atoms with E-state index >= 15 is 0 Å². The van der Waals surface area contributed by atoms with Gasteiger partial charge in [-0.05, 0) is 12.8 Å². The molecule has 1 unspecified atom stereocenters. The number of fused-ring (bicyclic) bond motifs is 1. The Balaban J connectivity index is 0.00000161. The van der Waals surface area contributed by atoms with E-state index in [0.717, 1.165) is 6.42 Å². The van der Waals surface area contributed by atoms with Crippen LogP contribution in [0.25, 0.3) is 0 Å². The maximum atomic E-state index is 3.94. The van der Waals surface area contributed by atoms with Crippen LogP contribution in [0, 0.1) is 11.5 Å². The van der Waals surface area contributed by atoms with Gasteiger partial charge in [-0.3, -0.25) is 6.08 Å². The van der Waals surface area contributed by atoms with E-state index in [-0.39, 0.29) is 56.4 Å². The third-order valence-corrected chi connectivity index (χ3v) is 5.24. The second-order valence-corrected chi connectivity index (χ2v) is 6.50. The normalized spacial score (nSPS) is 23.9. The minimum Gasteiger partial charge on any atom is -1.00 e. The molecule has 3 aliphatic rings. The Hall–Kier alpha value is 0.423. The molecule has 3 heteroatoms. The zero-order valence-electron chi connectivity index (χ0n) is 14.4. The van der Waals surface area contributed by atoms with Crippen LogP contribution in [0.15, 0.2) is 40.5 Å². The van der Waals surface area contributed by atoms with Crippen LogP contribution >= 0.6 is 0 Å². The van der Waals surface area contributed by atoms with Gasteiger partial charge < -0.3 is 24.8 Å². The summed E-state index contributed by atoms with van der Waals surface area (Å²) >= 11 is 0. The van der Waals surface area contributed by atoms with Gasteiger partial charge in [-0.25, -0.2) is 5.57 Å². The molecular weight excluding hydrogens is 402 g/mol. The van der Waals surface area contributed by atoms with Gasteiger partial charge in [0.05, 0.1) is 0 Å². The number of halogens is 2. The molecule has 0 aliphatic heterocycles. The molecule has 1 radical (unpaired) electrons. The van der Waals surface area contributed by atoms with Gasteiger partial charge in [0.1, 0.15) is 0 Å². The minimum atomic E-state index is 0. The van der Waals surface area contributed by atoms with Crippen molar-refractivity contribution in [3.05, 3.63) is 46.6 Å². The van der Waals surface area contributed by atoms with Crippen LogP contribution in [0.3, 0.4) is 0 Å². The van der Waals surface area contributed by atoms with Crippen molar-refractivity contribution >= 4 is 0 Å². The smallest absolute Gasteiger partial charge is 1.00 e. The van der Waals surface area contributed by atoms with Gasteiger partial charge in [-0.1, -0.05) is 88.0 Å². The summed E-state index contributed by atoms with van der Waals surface area (Å²) in [6.45, 7) is 4.61. The van der Waals surface area contributed by atoms with Crippen LogP contribution in [0.4, 0.5) is 0 Å². The Kier molecular flexibility index (Phi) is 10.6. The standard InChI is InChI=1S/C20H27.2ClH.Zr/c1-3-5-11-18-16-13-14-20(15-16,17-9-7-8-10-17)19(18)12-6-4-2;;;/h7-9H,3-6,10-14H2,1-2H3;2*1H;/q-1;;;+3/p-2. The molecule has 0 fully saturated rings. The molecule has 3 rings (SSSR count). The van der Waals surface area contributed by atoms with Crippen molar-refractivity contribution < 1.29 is 51.0 Å². The molecule has 0 spiro atoms. The molecule has 0 N–H and O–H groups in total. The fourth-order valence-electron chi connectivity index (χ4n) is 4.16. The minimum absolute atomic E-state index is 0. The van der Waals surface area contributed by atoms with Crippen LogP contribution in [-0.2, 0) is 26.2 Å². The Labute approximate surface area is 173 Å². The van der Waals surface area contributed by atoms with Gasteiger partial charge in [0.2, 0.25) is 0 Å². The van der Waals surface area contributed by atoms with E-state index in [2.05, 4.69) is 38.2 Å². The first-order valence-corrected chi connectivity index (χ1v) is 8.55. The molecule has 0 nitrogen and oxygen atoms in total. The maximum Gasteiger partial charge on any atom is 3.00 e. The summed E-state index contributed by atoms with van der Waals surface area (Å²) in [4.78, 5) is 0. The van der Waals surface area contributed by atoms with Gasteiger partial charge in [-0.15, -0.1) is 0 Å². The number of hydrogen-bond acceptors (Lipinski definition) is 0. The van der Waals surface area contributed by atoms with Crippen molar-refractivity contribution in [2.45, 2.75) is 71.6 Å². The molecule has 0 aromatic heterocycles. The molecule has 0 aromatic carbocycles. The first-order chi connectivity index (χ1) is 9.81. The van der Waals surface area contributed by atoms with Gasteiger partial charge in [-0.2, -0.15) is 11.1 Å². The third kappa shape index (κ3) is 4.34. The van der Waals surface area contributed by atoms with Gasteiger partial charge >= 0.3 is 26.2 Å². The second kappa shape index (κ2) is 10.4. The van der Waals surface area contributed by atoms with Crippen molar-refractivity contribution in [2.24, 2.45) is 5.41 Å². The van der Waals surface area contributed by atoms with Crippen LogP contribution in [0.2, 0.25) is 0 Å². The molecule has 0 saturated heterocycles. The molecular formula is C20H27Cl2Zr. The quantitative estimate of drug-likeness (QED) is 0.503. The summed E-state index contributed by atoms with van der Waals surface area (Å²) in [5.41, 5.74) is 6.88. The molecule has 125 valence electrons. The molecule has 3 aliphatic carbocycles. The average molecular weight is 430 g/mol. The van der Waals surface area contributed by atoms with E-state index < -0.39 is 0 Å². The summed E-state index contributed by atoms with van der Waals surface area (Å²) in [7, 11) is 0. The van der Waals surface area contributed by atoms with Gasteiger partial charge in [0.15, 0.2) is 0 Å². The molecule has 23 heavy (non-hydrogen) atoms. The second-order valence-electron chi connectivity index (χ2n) is 6.50. The molecule has 0 saturated carbocycles. The van der Waals surface area contributed by atoms with Gasteiger partial charge in [0, 0.05) is 0 Å². The van der Waals surface area contributed by atoms with E-state index in [1.807, 2.05) is 0 Å². The van der Waals surface area contributed by atoms with Crippen molar-refractivity contribution in [2.75, 3.05) is 0 Å². The fourth-order valence-corrected chi connectivity index (χ4v) is 4.16. The molecule has 0 heterocycles. The van der Waals surface area contributed by atoms with Crippen LogP contribution in [0.1, 0.15) is 71.6 Å². The number of unbranched alkanes of at least 4 members (excludes halogenated alkanes) is 2. The Morgan fingerprint density at radius 2 is 1.78 bits per heavy atom. The predicted molar refractivity (Wildman–Crippen MR) is 86.3 cm³/mol. The maximum absolute atomic E-state index is 3.94. The number of allylic oxidation sites excluding steroid dienone is 8. The Morgan fingerprint density at radius 1 is 1.09 bits per heavy atom. The average Bonchev–Trinajstić information content (AvgIpc) is 3.16. The monoisotopic (exact) mass is 427 g/mol. The first-order valence-electron chi connectivity index (χ1n) is 8.55. The van der Waals surface area contributed by atoms with E-state index in [1.54, 1.807) is 22.3 Å². The fraction of sp³-hybridized carbons (Fsp3) is 0.600. The Bertz CT molecular complexity index is 514. The SMILES string of the molecule is CCCCC1=C(CCCC)C2(C3=CC=CC3)[C-]=C1CC2.[Cl-].[Cl-].[Zr+3]. The summed E-state index contributed by atoms with van der Waals surface area (Å²) < 4.78 is 0. The van der Waals surface area contributed by atoms with Gasteiger partial charge in [0.25, 0.3) is 0 Å². The van der Waals surface area contributed by atoms with Crippen molar-refractivity contribution in [3.63, 3.8) is 0 Å². The summed E-state index contributed by atoms with van der Waals surface area (Å²) in [6.07, 6.45) is 22.4. The zero-order valence-corrected chi connectivity index (χ0v) is 18.3. The molecule has 2 bridgehead atoms. The van der Waals surface area contributed by atoms with Crippen molar-refractivity contribution in [1.29, 1.82) is 0 Å². The Morgan fingerprint density at radius 3 is 2.39 bits per heavy atom. The molecule has 0 aromatic rings. The van der Waals surface area contributed by atoms with Crippen LogP contribution in [0.5, 0.6) is 0 Å². The van der Waals surface area contributed by atoms with Crippen molar-refractivity contribution in [3.8, 4) is 0 Å². The van der Waals surface area contributed by atoms with Crippen molar-refractivity contribution in [1.82, 2.24) is 0 Å². The van der Waals surface area contributed by atoms with Crippen LogP contribution < -0.4 is 24.8 Å². The van der Waals surface area contributed by atoms with E-state index in [9.17, 15) is 0 Å². The topological polar surface area (TPSA) is 0 Å². The largest absolute Gasteiger partial charge is 3.00 e. The van der Waals surface area contributed by atoms with Crippen LogP contribution in [-0.4, -0.2) is 0 Å². The first kappa shape index (κ1) is 23.4. The summed E-state index contributed by atoms with van der Waals surface area (Å²) in [5, 5.41) is 0. The van der Waals surface area contributed by atoms with E-state index in [1.165, 1.54) is 51.4 Å². The number of hydrogen-bond donors (Lipinski definition) is 0. The van der Waals surface area contributed by atoms with E-state index in [0.29, 0.717) is 0 Å². The number of rotatable bonds is 7. The zero-order chi connectivity index (χ0) is 14.0. The summed E-state index contributed by atoms with van der Waals surface area (Å²) in [5.74, 6) is 0. The molecule has 0 amide bonds. The third-order valence-electron chi connectivity index (χ3n) is 5.24.